The number of unbranched alkanes of at least 4 members (excludes halogenated alkanes) is 1. The highest BCUT2D eigenvalue weighted by Gasteiger charge is 2.37. The highest BCUT2D eigenvalue weighted by atomic mass is 17.0. The van der Waals surface area contributed by atoms with E-state index in [1.54, 1.807) is 20.8 Å². The third kappa shape index (κ3) is 9.76. The number of nitrogens with zero attached hydrogens (tertiary/aromatic N) is 3. The molecule has 0 saturated carbocycles. The SMILES string of the molecule is CC(C)(C)OC(=O)N1CCCC1C(=O)OCCCC[C@H](CO[N+](=O)[O-])O[N+](=O)[O-]. The van der Waals surface area contributed by atoms with Crippen LogP contribution in [0, 0.1) is 20.2 Å². The molecule has 1 rings (SSSR count). The summed E-state index contributed by atoms with van der Waals surface area (Å²) in [6, 6.07) is -0.705. The van der Waals surface area contributed by atoms with Crippen molar-refractivity contribution in [2.75, 3.05) is 19.8 Å². The van der Waals surface area contributed by atoms with Crippen molar-refractivity contribution in [3.05, 3.63) is 20.2 Å². The van der Waals surface area contributed by atoms with E-state index in [0.717, 1.165) is 0 Å². The number of carbonyl (C=O) groups is 2. The lowest BCUT2D eigenvalue weighted by molar-refractivity contribution is -0.790. The highest BCUT2D eigenvalue weighted by Crippen LogP contribution is 2.22. The molecule has 0 spiro atoms. The van der Waals surface area contributed by atoms with Crippen molar-refractivity contribution >= 4 is 12.1 Å². The molecule has 0 aliphatic carbocycles. The van der Waals surface area contributed by atoms with Crippen LogP contribution in [0.3, 0.4) is 0 Å². The molecule has 1 heterocycles. The number of hydrogen-bond acceptors (Lipinski definition) is 10. The van der Waals surface area contributed by atoms with Crippen LogP contribution in [-0.2, 0) is 23.9 Å². The van der Waals surface area contributed by atoms with Crippen LogP contribution in [0.5, 0.6) is 0 Å². The number of likely N-dealkylation sites (tertiary alicyclic amines) is 1. The summed E-state index contributed by atoms with van der Waals surface area (Å²) in [6.07, 6.45) is 0.310. The van der Waals surface area contributed by atoms with E-state index in [-0.39, 0.29) is 13.0 Å². The van der Waals surface area contributed by atoms with E-state index in [4.69, 9.17) is 9.47 Å². The molecule has 1 unspecified atom stereocenters. The first-order valence-electron chi connectivity index (χ1n) is 9.24. The lowest BCUT2D eigenvalue weighted by Gasteiger charge is -2.27. The van der Waals surface area contributed by atoms with Gasteiger partial charge in [-0.25, -0.2) is 9.59 Å². The number of ether oxygens (including phenoxy) is 2. The second-order valence-electron chi connectivity index (χ2n) is 7.47. The summed E-state index contributed by atoms with van der Waals surface area (Å²) >= 11 is 0. The first-order valence-corrected chi connectivity index (χ1v) is 9.24. The third-order valence-electron chi connectivity index (χ3n) is 3.92. The lowest BCUT2D eigenvalue weighted by atomic mass is 10.1. The van der Waals surface area contributed by atoms with Crippen LogP contribution in [0.15, 0.2) is 0 Å². The summed E-state index contributed by atoms with van der Waals surface area (Å²) in [5, 5.41) is 18.5. The van der Waals surface area contributed by atoms with Gasteiger partial charge in [-0.1, -0.05) is 0 Å². The van der Waals surface area contributed by atoms with E-state index in [1.165, 1.54) is 4.90 Å². The third-order valence-corrected chi connectivity index (χ3v) is 3.92. The molecule has 29 heavy (non-hydrogen) atoms. The van der Waals surface area contributed by atoms with Gasteiger partial charge in [0.15, 0.2) is 0 Å². The first-order chi connectivity index (χ1) is 13.5. The summed E-state index contributed by atoms with van der Waals surface area (Å²) in [7, 11) is 0. The van der Waals surface area contributed by atoms with Crippen molar-refractivity contribution in [1.82, 2.24) is 4.90 Å². The Balaban J connectivity index is 2.37. The average molecular weight is 421 g/mol. The molecule has 0 aromatic carbocycles. The summed E-state index contributed by atoms with van der Waals surface area (Å²) in [5.74, 6) is -0.539. The second kappa shape index (κ2) is 11.2. The topological polar surface area (TPSA) is 161 Å². The summed E-state index contributed by atoms with van der Waals surface area (Å²) in [6.45, 7) is 5.09. The summed E-state index contributed by atoms with van der Waals surface area (Å²) in [5.41, 5.74) is -0.671. The van der Waals surface area contributed by atoms with Crippen molar-refractivity contribution in [1.29, 1.82) is 0 Å². The van der Waals surface area contributed by atoms with E-state index >= 15 is 0 Å². The molecule has 0 bridgehead atoms. The molecule has 1 amide bonds. The Bertz CT molecular complexity index is 592. The zero-order valence-corrected chi connectivity index (χ0v) is 16.7. The van der Waals surface area contributed by atoms with E-state index in [0.29, 0.717) is 32.2 Å². The minimum atomic E-state index is -1.09. The van der Waals surface area contributed by atoms with Gasteiger partial charge in [-0.2, -0.15) is 0 Å². The maximum atomic E-state index is 12.3. The summed E-state index contributed by atoms with van der Waals surface area (Å²) in [4.78, 5) is 54.8. The van der Waals surface area contributed by atoms with Crippen molar-refractivity contribution in [2.24, 2.45) is 0 Å². The van der Waals surface area contributed by atoms with Crippen LogP contribution in [0.2, 0.25) is 0 Å². The van der Waals surface area contributed by atoms with Gasteiger partial charge < -0.3 is 19.1 Å². The molecule has 1 saturated heterocycles. The predicted octanol–water partition coefficient (Wildman–Crippen LogP) is 1.88. The number of amides is 1. The maximum Gasteiger partial charge on any atom is 0.411 e. The zero-order chi connectivity index (χ0) is 22.0. The Morgan fingerprint density at radius 3 is 2.45 bits per heavy atom. The second-order valence-corrected chi connectivity index (χ2v) is 7.47. The van der Waals surface area contributed by atoms with E-state index in [1.807, 2.05) is 0 Å². The van der Waals surface area contributed by atoms with E-state index in [2.05, 4.69) is 9.68 Å². The molecule has 1 aliphatic rings. The van der Waals surface area contributed by atoms with Crippen molar-refractivity contribution in [3.8, 4) is 0 Å². The quantitative estimate of drug-likeness (QED) is 0.208. The van der Waals surface area contributed by atoms with Gasteiger partial charge in [0.2, 0.25) is 0 Å². The number of carbonyl (C=O) groups excluding carboxylic acids is 2. The molecule has 2 atom stereocenters. The van der Waals surface area contributed by atoms with Crippen LogP contribution < -0.4 is 0 Å². The molecule has 13 heteroatoms. The Kier molecular flexibility index (Phi) is 9.35. The normalized spacial score (nSPS) is 17.3. The number of rotatable bonds is 11. The van der Waals surface area contributed by atoms with E-state index < -0.39 is 46.6 Å². The van der Waals surface area contributed by atoms with Crippen molar-refractivity contribution in [2.45, 2.75) is 70.6 Å². The fourth-order valence-corrected chi connectivity index (χ4v) is 2.73. The predicted molar refractivity (Wildman–Crippen MR) is 95.6 cm³/mol. The minimum absolute atomic E-state index is 0.0404. The van der Waals surface area contributed by atoms with Gasteiger partial charge in [0.05, 0.1) is 6.61 Å². The molecular weight excluding hydrogens is 394 g/mol. The number of hydrogen-bond donors (Lipinski definition) is 0. The lowest BCUT2D eigenvalue weighted by Crippen LogP contribution is -2.44. The monoisotopic (exact) mass is 421 g/mol. The molecule has 0 aromatic heterocycles. The van der Waals surface area contributed by atoms with Gasteiger partial charge in [-0.3, -0.25) is 4.90 Å². The average Bonchev–Trinajstić information content (AvgIpc) is 3.07. The molecule has 1 aliphatic heterocycles. The standard InChI is InChI=1S/C16H27N3O10/c1-16(2,3)28-15(21)17-9-6-8-13(17)14(20)26-10-5-4-7-12(29-19(24)25)11-27-18(22)23/h12-13H,4-11H2,1-3H3/t12-,13?/m1/s1. The van der Waals surface area contributed by atoms with Crippen LogP contribution in [-0.4, -0.2) is 64.6 Å². The molecule has 0 aromatic rings. The molecule has 1 fully saturated rings. The molecule has 0 N–H and O–H groups in total. The molecule has 13 nitrogen and oxygen atoms in total. The Morgan fingerprint density at radius 2 is 1.86 bits per heavy atom. The van der Waals surface area contributed by atoms with Gasteiger partial charge in [0, 0.05) is 6.54 Å². The molecule has 166 valence electrons. The van der Waals surface area contributed by atoms with Crippen LogP contribution >= 0.6 is 0 Å². The smallest absolute Gasteiger partial charge is 0.411 e. The zero-order valence-electron chi connectivity index (χ0n) is 16.7. The van der Waals surface area contributed by atoms with Crippen molar-refractivity contribution in [3.63, 3.8) is 0 Å². The Labute approximate surface area is 167 Å². The fraction of sp³-hybridized carbons (Fsp3) is 0.875. The van der Waals surface area contributed by atoms with Crippen LogP contribution in [0.25, 0.3) is 0 Å². The van der Waals surface area contributed by atoms with Crippen LogP contribution in [0.1, 0.15) is 52.9 Å². The largest absolute Gasteiger partial charge is 0.464 e. The fourth-order valence-electron chi connectivity index (χ4n) is 2.73. The maximum absolute atomic E-state index is 12.3. The molecule has 0 radical (unpaired) electrons. The van der Waals surface area contributed by atoms with Gasteiger partial charge in [0.1, 0.15) is 24.4 Å². The summed E-state index contributed by atoms with van der Waals surface area (Å²) < 4.78 is 10.5. The molecular formula is C16H27N3O10. The van der Waals surface area contributed by atoms with Crippen LogP contribution in [0.4, 0.5) is 4.79 Å². The van der Waals surface area contributed by atoms with E-state index in [9.17, 15) is 29.8 Å². The van der Waals surface area contributed by atoms with Crippen molar-refractivity contribution < 1.29 is 38.9 Å². The highest BCUT2D eigenvalue weighted by molar-refractivity contribution is 5.82. The van der Waals surface area contributed by atoms with Gasteiger partial charge in [-0.05, 0) is 52.9 Å². The number of esters is 1. The minimum Gasteiger partial charge on any atom is -0.464 e. The van der Waals surface area contributed by atoms with Gasteiger partial charge >= 0.3 is 12.1 Å². The van der Waals surface area contributed by atoms with Gasteiger partial charge in [-0.15, -0.1) is 20.2 Å². The Morgan fingerprint density at radius 1 is 1.17 bits per heavy atom. The van der Waals surface area contributed by atoms with Gasteiger partial charge in [0.25, 0.3) is 10.2 Å². The Hall–Kier alpha value is -2.86. The first kappa shape index (κ1) is 24.2.